The number of thioether (sulfide) groups is 2. The fourth-order valence-electron chi connectivity index (χ4n) is 1.83. The molecule has 1 heterocycles. The van der Waals surface area contributed by atoms with E-state index in [1.807, 2.05) is 36.9 Å². The molecule has 0 N–H and O–H groups in total. The van der Waals surface area contributed by atoms with Gasteiger partial charge in [-0.2, -0.15) is 11.8 Å². The molecule has 1 aromatic carbocycles. The molecule has 1 aliphatic rings. The van der Waals surface area contributed by atoms with Crippen LogP contribution in [0.1, 0.15) is 15.9 Å². The van der Waals surface area contributed by atoms with Gasteiger partial charge in [0.05, 0.1) is 17.9 Å². The van der Waals surface area contributed by atoms with Crippen LogP contribution < -0.4 is 4.74 Å². The second kappa shape index (κ2) is 5.83. The van der Waals surface area contributed by atoms with Gasteiger partial charge in [-0.05, 0) is 19.1 Å². The normalized spacial score (nSPS) is 20.0. The second-order valence-electron chi connectivity index (χ2n) is 4.00. The van der Waals surface area contributed by atoms with E-state index in [0.717, 1.165) is 28.4 Å². The van der Waals surface area contributed by atoms with E-state index in [9.17, 15) is 4.79 Å². The lowest BCUT2D eigenvalue weighted by Gasteiger charge is -2.20. The van der Waals surface area contributed by atoms with Gasteiger partial charge in [-0.3, -0.25) is 4.79 Å². The number of benzene rings is 1. The Hall–Kier alpha value is -0.610. The summed E-state index contributed by atoms with van der Waals surface area (Å²) in [5, 5.41) is 0.0875. The molecule has 0 bridgehead atoms. The largest absolute Gasteiger partial charge is 0.496 e. The molecule has 4 heteroatoms. The highest BCUT2D eigenvalue weighted by atomic mass is 32.2. The van der Waals surface area contributed by atoms with Crippen molar-refractivity contribution in [2.24, 2.45) is 0 Å². The maximum Gasteiger partial charge on any atom is 0.180 e. The van der Waals surface area contributed by atoms with E-state index in [0.29, 0.717) is 5.75 Å². The second-order valence-corrected chi connectivity index (χ2v) is 6.46. The molecule has 17 heavy (non-hydrogen) atoms. The van der Waals surface area contributed by atoms with Gasteiger partial charge in [0, 0.05) is 17.3 Å². The predicted molar refractivity (Wildman–Crippen MR) is 75.6 cm³/mol. The van der Waals surface area contributed by atoms with Gasteiger partial charge < -0.3 is 4.74 Å². The number of carbonyl (C=O) groups excluding carboxylic acids is 1. The molecule has 0 saturated carbocycles. The van der Waals surface area contributed by atoms with E-state index < -0.39 is 0 Å². The third-order valence-electron chi connectivity index (χ3n) is 2.73. The Kier molecular flexibility index (Phi) is 4.40. The van der Waals surface area contributed by atoms with Gasteiger partial charge in [0.25, 0.3) is 0 Å². The van der Waals surface area contributed by atoms with Crippen molar-refractivity contribution in [2.75, 3.05) is 24.4 Å². The Morgan fingerprint density at radius 3 is 2.88 bits per heavy atom. The number of ketones is 1. The zero-order valence-corrected chi connectivity index (χ0v) is 11.7. The molecule has 1 unspecified atom stereocenters. The van der Waals surface area contributed by atoms with Crippen LogP contribution in [-0.2, 0) is 0 Å². The molecule has 2 nitrogen and oxygen atoms in total. The molecule has 92 valence electrons. The zero-order chi connectivity index (χ0) is 12.3. The molecule has 2 rings (SSSR count). The summed E-state index contributed by atoms with van der Waals surface area (Å²) in [5.74, 6) is 4.04. The van der Waals surface area contributed by atoms with Gasteiger partial charge in [0.15, 0.2) is 5.78 Å². The lowest BCUT2D eigenvalue weighted by atomic mass is 10.0. The summed E-state index contributed by atoms with van der Waals surface area (Å²) in [6, 6.07) is 5.78. The quantitative estimate of drug-likeness (QED) is 0.787. The summed E-state index contributed by atoms with van der Waals surface area (Å²) in [4.78, 5) is 12.4. The van der Waals surface area contributed by atoms with Crippen LogP contribution >= 0.6 is 23.5 Å². The van der Waals surface area contributed by atoms with E-state index in [2.05, 4.69) is 0 Å². The lowest BCUT2D eigenvalue weighted by molar-refractivity contribution is 0.0992. The fraction of sp³-hybridized carbons (Fsp3) is 0.462. The average Bonchev–Trinajstić information content (AvgIpc) is 2.39. The number of methoxy groups -OCH3 is 1. The van der Waals surface area contributed by atoms with Crippen LogP contribution in [0.3, 0.4) is 0 Å². The third kappa shape index (κ3) is 2.99. The Morgan fingerprint density at radius 2 is 2.24 bits per heavy atom. The Labute approximate surface area is 111 Å². The highest BCUT2D eigenvalue weighted by Crippen LogP contribution is 2.30. The molecule has 1 aliphatic heterocycles. The summed E-state index contributed by atoms with van der Waals surface area (Å²) >= 11 is 3.63. The average molecular weight is 268 g/mol. The standard InChI is InChI=1S/C13H16O2S2/c1-9-3-4-11(15-2)10(7-9)13(14)12-8-16-5-6-17-12/h3-4,7,12H,5-6,8H2,1-2H3. The van der Waals surface area contributed by atoms with Crippen LogP contribution in [0.5, 0.6) is 5.75 Å². The lowest BCUT2D eigenvalue weighted by Crippen LogP contribution is -2.24. The van der Waals surface area contributed by atoms with E-state index in [1.165, 1.54) is 0 Å². The van der Waals surface area contributed by atoms with Gasteiger partial charge >= 0.3 is 0 Å². The minimum atomic E-state index is 0.0875. The topological polar surface area (TPSA) is 26.3 Å². The first-order valence-corrected chi connectivity index (χ1v) is 7.81. The van der Waals surface area contributed by atoms with Crippen LogP contribution in [0, 0.1) is 6.92 Å². The maximum atomic E-state index is 12.4. The van der Waals surface area contributed by atoms with Gasteiger partial charge in [-0.15, -0.1) is 11.8 Å². The first-order chi connectivity index (χ1) is 8.22. The summed E-state index contributed by atoms with van der Waals surface area (Å²) in [6.07, 6.45) is 0. The number of hydrogen-bond acceptors (Lipinski definition) is 4. The highest BCUT2D eigenvalue weighted by Gasteiger charge is 2.25. The van der Waals surface area contributed by atoms with Crippen LogP contribution in [0.15, 0.2) is 18.2 Å². The molecule has 0 aromatic heterocycles. The van der Waals surface area contributed by atoms with E-state index in [4.69, 9.17) is 4.74 Å². The maximum absolute atomic E-state index is 12.4. The number of carbonyl (C=O) groups is 1. The highest BCUT2D eigenvalue weighted by molar-refractivity contribution is 8.07. The SMILES string of the molecule is COc1ccc(C)cc1C(=O)C1CSCCS1. The van der Waals surface area contributed by atoms with E-state index >= 15 is 0 Å². The van der Waals surface area contributed by atoms with E-state index in [-0.39, 0.29) is 11.0 Å². The molecular formula is C13H16O2S2. The van der Waals surface area contributed by atoms with Crippen molar-refractivity contribution in [2.45, 2.75) is 12.2 Å². The first kappa shape index (κ1) is 12.8. The minimum absolute atomic E-state index is 0.0875. The molecule has 0 spiro atoms. The van der Waals surface area contributed by atoms with Crippen LogP contribution in [0.25, 0.3) is 0 Å². The van der Waals surface area contributed by atoms with Crippen molar-refractivity contribution in [1.82, 2.24) is 0 Å². The molecule has 0 amide bonds. The van der Waals surface area contributed by atoms with Crippen molar-refractivity contribution in [1.29, 1.82) is 0 Å². The van der Waals surface area contributed by atoms with Gasteiger partial charge in [-0.1, -0.05) is 11.6 Å². The Balaban J connectivity index is 2.25. The van der Waals surface area contributed by atoms with Crippen molar-refractivity contribution >= 4 is 29.3 Å². The number of ether oxygens (including phenoxy) is 1. The number of rotatable bonds is 3. The predicted octanol–water partition coefficient (Wildman–Crippen LogP) is 3.03. The number of hydrogen-bond donors (Lipinski definition) is 0. The van der Waals surface area contributed by atoms with E-state index in [1.54, 1.807) is 18.9 Å². The fourth-order valence-corrected chi connectivity index (χ4v) is 4.45. The molecule has 1 atom stereocenters. The molecular weight excluding hydrogens is 252 g/mol. The van der Waals surface area contributed by atoms with Crippen molar-refractivity contribution < 1.29 is 9.53 Å². The Morgan fingerprint density at radius 1 is 1.41 bits per heavy atom. The Bertz CT molecular complexity index is 412. The molecule has 0 aliphatic carbocycles. The monoisotopic (exact) mass is 268 g/mol. The summed E-state index contributed by atoms with van der Waals surface area (Å²) in [6.45, 7) is 2.00. The van der Waals surface area contributed by atoms with Crippen LogP contribution in [0.2, 0.25) is 0 Å². The summed E-state index contributed by atoms with van der Waals surface area (Å²) in [7, 11) is 1.62. The van der Waals surface area contributed by atoms with Crippen molar-refractivity contribution in [3.05, 3.63) is 29.3 Å². The first-order valence-electron chi connectivity index (χ1n) is 5.60. The third-order valence-corrected chi connectivity index (χ3v) is 5.48. The zero-order valence-electron chi connectivity index (χ0n) is 10.1. The van der Waals surface area contributed by atoms with Gasteiger partial charge in [-0.25, -0.2) is 0 Å². The van der Waals surface area contributed by atoms with Crippen molar-refractivity contribution in [3.8, 4) is 5.75 Å². The van der Waals surface area contributed by atoms with Gasteiger partial charge in [0.2, 0.25) is 0 Å². The van der Waals surface area contributed by atoms with Crippen LogP contribution in [0.4, 0.5) is 0 Å². The molecule has 1 fully saturated rings. The summed E-state index contributed by atoms with van der Waals surface area (Å²) < 4.78 is 5.28. The molecule has 1 aromatic rings. The minimum Gasteiger partial charge on any atom is -0.496 e. The molecule has 0 radical (unpaired) electrons. The van der Waals surface area contributed by atoms with Crippen molar-refractivity contribution in [3.63, 3.8) is 0 Å². The van der Waals surface area contributed by atoms with Gasteiger partial charge in [0.1, 0.15) is 5.75 Å². The number of aryl methyl sites for hydroxylation is 1. The number of Topliss-reactive ketones (excluding diaryl/α,β-unsaturated/α-hetero) is 1. The smallest absolute Gasteiger partial charge is 0.180 e. The molecule has 1 saturated heterocycles. The summed E-state index contributed by atoms with van der Waals surface area (Å²) in [5.41, 5.74) is 1.83. The van der Waals surface area contributed by atoms with Crippen LogP contribution in [-0.4, -0.2) is 35.4 Å².